The van der Waals surface area contributed by atoms with Gasteiger partial charge in [0.15, 0.2) is 0 Å². The Balaban J connectivity index is 1.61. The monoisotopic (exact) mass is 399 g/mol. The van der Waals surface area contributed by atoms with E-state index < -0.39 is 0 Å². The quantitative estimate of drug-likeness (QED) is 0.621. The van der Waals surface area contributed by atoms with Crippen molar-refractivity contribution in [3.05, 3.63) is 90.3 Å². The Morgan fingerprint density at radius 3 is 2.60 bits per heavy atom. The predicted octanol–water partition coefficient (Wildman–Crippen LogP) is 4.76. The Morgan fingerprint density at radius 2 is 1.80 bits per heavy atom. The minimum Gasteiger partial charge on any atom is -0.491 e. The van der Waals surface area contributed by atoms with Gasteiger partial charge in [0.25, 0.3) is 0 Å². The fourth-order valence-electron chi connectivity index (χ4n) is 3.64. The van der Waals surface area contributed by atoms with E-state index in [1.807, 2.05) is 74.5 Å². The molecule has 2 aromatic carbocycles. The number of allylic oxidation sites excluding steroid dienone is 2. The van der Waals surface area contributed by atoms with Crippen molar-refractivity contribution in [1.82, 2.24) is 9.78 Å². The average Bonchev–Trinajstić information content (AvgIpc) is 3.22. The van der Waals surface area contributed by atoms with Crippen molar-refractivity contribution in [2.75, 3.05) is 6.54 Å². The van der Waals surface area contributed by atoms with Crippen LogP contribution in [-0.4, -0.2) is 33.9 Å². The molecule has 1 atom stereocenters. The zero-order chi connectivity index (χ0) is 20.9. The summed E-state index contributed by atoms with van der Waals surface area (Å²) in [4.78, 5) is 17.7. The highest BCUT2D eigenvalue weighted by atomic mass is 16.5. The first-order valence-electron chi connectivity index (χ1n) is 10.3. The van der Waals surface area contributed by atoms with Gasteiger partial charge in [0.1, 0.15) is 11.5 Å². The van der Waals surface area contributed by atoms with Gasteiger partial charge in [0.2, 0.25) is 5.78 Å². The van der Waals surface area contributed by atoms with Crippen molar-refractivity contribution >= 4 is 11.5 Å². The molecule has 5 nitrogen and oxygen atoms in total. The average molecular weight is 399 g/mol. The van der Waals surface area contributed by atoms with Crippen molar-refractivity contribution in [1.29, 1.82) is 0 Å². The van der Waals surface area contributed by atoms with Gasteiger partial charge in [0, 0.05) is 18.0 Å². The SMILES string of the molecule is CC(C)Oc1ccccc1C1C=CC(=O)C(c2ccnn2-c2ccccc2)=NCC1. The maximum atomic E-state index is 13.0. The Morgan fingerprint density at radius 1 is 1.03 bits per heavy atom. The second kappa shape index (κ2) is 8.91. The molecule has 1 aliphatic heterocycles. The summed E-state index contributed by atoms with van der Waals surface area (Å²) in [5.74, 6) is 0.828. The number of para-hydroxylation sites is 2. The number of nitrogens with zero attached hydrogens (tertiary/aromatic N) is 3. The normalized spacial score (nSPS) is 16.8. The molecule has 3 aromatic rings. The molecule has 0 saturated carbocycles. The van der Waals surface area contributed by atoms with Crippen LogP contribution in [0, 0.1) is 0 Å². The van der Waals surface area contributed by atoms with Crippen molar-refractivity contribution < 1.29 is 9.53 Å². The molecule has 0 spiro atoms. The van der Waals surface area contributed by atoms with E-state index in [0.717, 1.165) is 23.4 Å². The molecule has 0 saturated heterocycles. The van der Waals surface area contributed by atoms with Gasteiger partial charge in [-0.3, -0.25) is 9.79 Å². The molecule has 2 heterocycles. The third-order valence-corrected chi connectivity index (χ3v) is 4.99. The molecule has 4 rings (SSSR count). The minimum atomic E-state index is -0.111. The highest BCUT2D eigenvalue weighted by molar-refractivity contribution is 6.49. The highest BCUT2D eigenvalue weighted by Gasteiger charge is 2.21. The zero-order valence-corrected chi connectivity index (χ0v) is 17.2. The maximum Gasteiger partial charge on any atom is 0.205 e. The number of hydrogen-bond donors (Lipinski definition) is 0. The largest absolute Gasteiger partial charge is 0.491 e. The summed E-state index contributed by atoms with van der Waals surface area (Å²) in [6.07, 6.45) is 6.20. The number of benzene rings is 2. The third kappa shape index (κ3) is 4.25. The number of aliphatic imine (C=N–C) groups is 1. The number of ketones is 1. The Kier molecular flexibility index (Phi) is 5.89. The molecule has 1 aliphatic rings. The van der Waals surface area contributed by atoms with E-state index in [4.69, 9.17) is 4.74 Å². The predicted molar refractivity (Wildman–Crippen MR) is 119 cm³/mol. The van der Waals surface area contributed by atoms with Crippen molar-refractivity contribution in [3.63, 3.8) is 0 Å². The van der Waals surface area contributed by atoms with E-state index in [1.54, 1.807) is 17.0 Å². The van der Waals surface area contributed by atoms with E-state index in [0.29, 0.717) is 18.0 Å². The van der Waals surface area contributed by atoms with Crippen LogP contribution in [-0.2, 0) is 4.79 Å². The van der Waals surface area contributed by atoms with E-state index in [9.17, 15) is 4.79 Å². The highest BCUT2D eigenvalue weighted by Crippen LogP contribution is 2.31. The third-order valence-electron chi connectivity index (χ3n) is 4.99. The summed E-state index contributed by atoms with van der Waals surface area (Å²) in [6, 6.07) is 19.6. The van der Waals surface area contributed by atoms with E-state index in [1.165, 1.54) is 0 Å². The number of carbonyl (C=O) groups is 1. The Labute approximate surface area is 176 Å². The lowest BCUT2D eigenvalue weighted by Gasteiger charge is -2.20. The second-order valence-corrected chi connectivity index (χ2v) is 7.52. The summed E-state index contributed by atoms with van der Waals surface area (Å²) in [6.45, 7) is 4.58. The summed E-state index contributed by atoms with van der Waals surface area (Å²) in [7, 11) is 0. The number of carbonyl (C=O) groups excluding carboxylic acids is 1. The molecule has 1 unspecified atom stereocenters. The molecule has 1 aromatic heterocycles. The second-order valence-electron chi connectivity index (χ2n) is 7.52. The van der Waals surface area contributed by atoms with Crippen molar-refractivity contribution in [2.45, 2.75) is 32.3 Å². The lowest BCUT2D eigenvalue weighted by Crippen LogP contribution is -2.20. The standard InChI is InChI=1S/C25H25N3O2/c1-18(2)30-24-11-7-6-10-21(24)19-12-13-23(29)25(26-16-14-19)22-15-17-27-28(22)20-8-4-3-5-9-20/h3-13,15,17-19H,14,16H2,1-2H3. The maximum absolute atomic E-state index is 13.0. The molecule has 152 valence electrons. The summed E-state index contributed by atoms with van der Waals surface area (Å²) < 4.78 is 7.74. The van der Waals surface area contributed by atoms with Crippen LogP contribution in [0.3, 0.4) is 0 Å². The molecule has 0 bridgehead atoms. The smallest absolute Gasteiger partial charge is 0.205 e. The molecular weight excluding hydrogens is 374 g/mol. The first-order chi connectivity index (χ1) is 14.6. The first-order valence-corrected chi connectivity index (χ1v) is 10.3. The van der Waals surface area contributed by atoms with Gasteiger partial charge < -0.3 is 4.74 Å². The van der Waals surface area contributed by atoms with Crippen LogP contribution in [0.4, 0.5) is 0 Å². The minimum absolute atomic E-state index is 0.0771. The van der Waals surface area contributed by atoms with Crippen LogP contribution in [0.1, 0.15) is 37.4 Å². The van der Waals surface area contributed by atoms with Crippen LogP contribution in [0.15, 0.2) is 84.0 Å². The molecule has 0 fully saturated rings. The van der Waals surface area contributed by atoms with Gasteiger partial charge in [-0.2, -0.15) is 5.10 Å². The van der Waals surface area contributed by atoms with Crippen LogP contribution in [0.2, 0.25) is 0 Å². The number of rotatable bonds is 5. The first kappa shape index (κ1) is 19.8. The number of hydrogen-bond acceptors (Lipinski definition) is 4. The van der Waals surface area contributed by atoms with Gasteiger partial charge >= 0.3 is 0 Å². The molecule has 5 heteroatoms. The fraction of sp³-hybridized carbons (Fsp3) is 0.240. The van der Waals surface area contributed by atoms with Gasteiger partial charge in [-0.1, -0.05) is 42.5 Å². The molecule has 30 heavy (non-hydrogen) atoms. The number of ether oxygens (including phenoxy) is 1. The van der Waals surface area contributed by atoms with E-state index in [2.05, 4.69) is 16.2 Å². The van der Waals surface area contributed by atoms with Gasteiger partial charge in [0.05, 0.1) is 23.7 Å². The Hall–Kier alpha value is -3.47. The topological polar surface area (TPSA) is 56.5 Å². The molecule has 0 aliphatic carbocycles. The molecule has 0 N–H and O–H groups in total. The summed E-state index contributed by atoms with van der Waals surface area (Å²) >= 11 is 0. The van der Waals surface area contributed by atoms with Gasteiger partial charge in [-0.25, -0.2) is 4.68 Å². The number of aromatic nitrogens is 2. The molecule has 0 amide bonds. The van der Waals surface area contributed by atoms with Crippen LogP contribution >= 0.6 is 0 Å². The van der Waals surface area contributed by atoms with Crippen molar-refractivity contribution in [3.8, 4) is 11.4 Å². The Bertz CT molecular complexity index is 1080. The van der Waals surface area contributed by atoms with E-state index in [-0.39, 0.29) is 17.8 Å². The van der Waals surface area contributed by atoms with Crippen molar-refractivity contribution in [2.24, 2.45) is 4.99 Å². The lowest BCUT2D eigenvalue weighted by molar-refractivity contribution is -0.108. The zero-order valence-electron chi connectivity index (χ0n) is 17.2. The summed E-state index contributed by atoms with van der Waals surface area (Å²) in [5, 5.41) is 4.39. The molecule has 0 radical (unpaired) electrons. The van der Waals surface area contributed by atoms with Crippen LogP contribution in [0.25, 0.3) is 5.69 Å². The molecular formula is C25H25N3O2. The van der Waals surface area contributed by atoms with Crippen LogP contribution in [0.5, 0.6) is 5.75 Å². The van der Waals surface area contributed by atoms with E-state index >= 15 is 0 Å². The fourth-order valence-corrected chi connectivity index (χ4v) is 3.64. The van der Waals surface area contributed by atoms with Crippen LogP contribution < -0.4 is 4.74 Å². The lowest BCUT2D eigenvalue weighted by atomic mass is 9.92. The van der Waals surface area contributed by atoms with Gasteiger partial charge in [-0.15, -0.1) is 0 Å². The summed E-state index contributed by atoms with van der Waals surface area (Å²) in [5.41, 5.74) is 3.13. The van der Waals surface area contributed by atoms with Gasteiger partial charge in [-0.05, 0) is 50.6 Å².